The van der Waals surface area contributed by atoms with Crippen LogP contribution in [0.2, 0.25) is 0 Å². The van der Waals surface area contributed by atoms with Gasteiger partial charge in [0, 0.05) is 16.7 Å². The van der Waals surface area contributed by atoms with Crippen molar-refractivity contribution < 1.29 is 42.1 Å². The highest BCUT2D eigenvalue weighted by molar-refractivity contribution is 7.17. The molecule has 3 fully saturated rings. The van der Waals surface area contributed by atoms with E-state index in [-0.39, 0.29) is 23.0 Å². The van der Waals surface area contributed by atoms with E-state index in [1.807, 2.05) is 13.0 Å². The van der Waals surface area contributed by atoms with Crippen LogP contribution in [-0.4, -0.2) is 89.5 Å². The van der Waals surface area contributed by atoms with Crippen LogP contribution in [0.25, 0.3) is 5.57 Å². The van der Waals surface area contributed by atoms with E-state index in [1.54, 1.807) is 6.92 Å². The molecule has 0 amide bonds. The van der Waals surface area contributed by atoms with Gasteiger partial charge < -0.3 is 30.4 Å². The molecule has 1 unspecified atom stereocenters. The molecule has 6 rings (SSSR count). The van der Waals surface area contributed by atoms with E-state index in [0.29, 0.717) is 42.3 Å². The van der Waals surface area contributed by atoms with Crippen molar-refractivity contribution in [2.75, 3.05) is 46.3 Å². The van der Waals surface area contributed by atoms with Crippen molar-refractivity contribution in [3.05, 3.63) is 76.9 Å². The van der Waals surface area contributed by atoms with Crippen LogP contribution in [-0.2, 0) is 16.6 Å². The van der Waals surface area contributed by atoms with Gasteiger partial charge in [0.25, 0.3) is 5.66 Å². The normalized spacial score (nSPS) is 19.0. The molecule has 0 radical (unpaired) electrons. The summed E-state index contributed by atoms with van der Waals surface area (Å²) < 4.78 is 63.1. The topological polar surface area (TPSA) is 109 Å². The summed E-state index contributed by atoms with van der Waals surface area (Å²) in [6.07, 6.45) is 7.71. The summed E-state index contributed by atoms with van der Waals surface area (Å²) in [5.41, 5.74) is 1.95. The smallest absolute Gasteiger partial charge is 0.416 e. The Kier molecular flexibility index (Phi) is 16.4. The fraction of sp³-hybridized carbons (Fsp3) is 0.538. The van der Waals surface area contributed by atoms with Gasteiger partial charge in [0.2, 0.25) is 0 Å². The Balaban J connectivity index is 0.000000196. The average Bonchev–Trinajstić information content (AvgIpc) is 3.09. The molecule has 1 spiro atoms. The summed E-state index contributed by atoms with van der Waals surface area (Å²) in [7, 11) is 3.62. The number of hydrazone groups is 1. The number of phenolic OH excluding ortho intramolecular Hbond substituents is 2. The standard InChI is InChI=1S/C12H11F3N2O.C11H13F2OP.C9H17NO.C7H13NO/c1-7-4-5-16-17-11(7)9-3-2-8(6-10(9)18)12(13,14)15;1-3-7(2)9-5-4-8(6-10(9)14)11(12,13)15;1-10-4-2-9(3-5-10)6-8(11)7-9;9-7-6-8-4-2-1-3-5-8/h2-4,6,16,18H,5H2,1H3;4-6,14H,2-3,15H2,1H3;8,11H,2-7H2,1H3;7H,1-6H2. The quantitative estimate of drug-likeness (QED) is 0.134. The van der Waals surface area contributed by atoms with Crippen LogP contribution in [0, 0.1) is 5.41 Å². The summed E-state index contributed by atoms with van der Waals surface area (Å²) in [5.74, 6) is -0.582. The van der Waals surface area contributed by atoms with Gasteiger partial charge in [0.1, 0.15) is 17.8 Å². The molecule has 3 aliphatic heterocycles. The van der Waals surface area contributed by atoms with Crippen LogP contribution in [0.15, 0.2) is 59.7 Å². The van der Waals surface area contributed by atoms with Gasteiger partial charge in [-0.3, -0.25) is 4.90 Å². The van der Waals surface area contributed by atoms with Gasteiger partial charge in [-0.15, -0.1) is 0 Å². The summed E-state index contributed by atoms with van der Waals surface area (Å²) in [4.78, 5) is 14.6. The molecule has 2 aromatic rings. The summed E-state index contributed by atoms with van der Waals surface area (Å²) in [5, 5.41) is 32.4. The van der Waals surface area contributed by atoms with Gasteiger partial charge >= 0.3 is 6.18 Å². The Bertz CT molecular complexity index is 1570. The number of alkyl halides is 5. The minimum atomic E-state index is -4.46. The lowest BCUT2D eigenvalue weighted by Gasteiger charge is -2.50. The lowest BCUT2D eigenvalue weighted by Crippen LogP contribution is -2.48. The first kappa shape index (κ1) is 44.0. The Morgan fingerprint density at radius 2 is 1.60 bits per heavy atom. The van der Waals surface area contributed by atoms with Gasteiger partial charge in [0.05, 0.1) is 30.5 Å². The molecular weight excluding hydrogens is 714 g/mol. The molecule has 14 heteroatoms. The van der Waals surface area contributed by atoms with Crippen molar-refractivity contribution in [1.29, 1.82) is 0 Å². The Labute approximate surface area is 312 Å². The number of nitrogens with one attached hydrogen (secondary N) is 1. The van der Waals surface area contributed by atoms with E-state index in [4.69, 9.17) is 0 Å². The van der Waals surface area contributed by atoms with E-state index >= 15 is 0 Å². The van der Waals surface area contributed by atoms with Gasteiger partial charge in [-0.05, 0) is 126 Å². The molecule has 0 bridgehead atoms. The number of allylic oxidation sites excluding steroid dienone is 2. The largest absolute Gasteiger partial charge is 0.507 e. The SMILES string of the molecule is C=C(CC)c1ccc(C(F)(F)P)cc1O.CC1=CCNN=C1c1ccc(C(F)(F)F)cc1O.CN1CCC2(CC1)CC(O)C2.O=CCN1CCCCC1. The lowest BCUT2D eigenvalue weighted by molar-refractivity contribution is -0.137. The number of halogens is 5. The highest BCUT2D eigenvalue weighted by Crippen LogP contribution is 2.48. The van der Waals surface area contributed by atoms with Crippen LogP contribution < -0.4 is 5.43 Å². The number of likely N-dealkylation sites (tertiary alicyclic amines) is 2. The zero-order valence-electron chi connectivity index (χ0n) is 30.9. The third-order valence-corrected chi connectivity index (χ3v) is 10.3. The second-order valence-electron chi connectivity index (χ2n) is 14.1. The van der Waals surface area contributed by atoms with E-state index in [1.165, 1.54) is 72.6 Å². The van der Waals surface area contributed by atoms with Crippen LogP contribution >= 0.6 is 9.24 Å². The molecule has 0 aromatic heterocycles. The molecule has 53 heavy (non-hydrogen) atoms. The van der Waals surface area contributed by atoms with Crippen LogP contribution in [0.4, 0.5) is 22.0 Å². The maximum Gasteiger partial charge on any atom is 0.416 e. The number of rotatable bonds is 6. The number of benzene rings is 2. The van der Waals surface area contributed by atoms with Gasteiger partial charge in [-0.25, -0.2) is 0 Å². The molecule has 294 valence electrons. The number of piperidine rings is 2. The molecule has 8 nitrogen and oxygen atoms in total. The number of carbonyl (C=O) groups excluding carboxylic acids is 1. The molecule has 4 N–H and O–H groups in total. The number of carbonyl (C=O) groups is 1. The predicted molar refractivity (Wildman–Crippen MR) is 203 cm³/mol. The minimum absolute atomic E-state index is 0.0263. The van der Waals surface area contributed by atoms with E-state index in [0.717, 1.165) is 55.5 Å². The summed E-state index contributed by atoms with van der Waals surface area (Å²) >= 11 is 0. The fourth-order valence-electron chi connectivity index (χ4n) is 6.61. The third-order valence-electron chi connectivity index (χ3n) is 10.0. The van der Waals surface area contributed by atoms with Crippen molar-refractivity contribution >= 4 is 26.8 Å². The summed E-state index contributed by atoms with van der Waals surface area (Å²) in [6, 6.07) is 6.70. The zero-order chi connectivity index (χ0) is 39.4. The Morgan fingerprint density at radius 1 is 1.00 bits per heavy atom. The maximum absolute atomic E-state index is 12.9. The number of hydrogen-bond donors (Lipinski definition) is 4. The Hall–Kier alpha value is -3.38. The molecule has 3 heterocycles. The first-order valence-electron chi connectivity index (χ1n) is 18.0. The van der Waals surface area contributed by atoms with Crippen molar-refractivity contribution in [3.8, 4) is 11.5 Å². The first-order chi connectivity index (χ1) is 24.9. The average molecular weight is 769 g/mol. The molecule has 2 aromatic carbocycles. The van der Waals surface area contributed by atoms with Gasteiger partial charge in [-0.2, -0.15) is 27.1 Å². The van der Waals surface area contributed by atoms with E-state index < -0.39 is 23.2 Å². The number of aliphatic hydroxyl groups excluding tert-OH is 1. The number of aliphatic hydroxyl groups is 1. The highest BCUT2D eigenvalue weighted by atomic mass is 31.0. The maximum atomic E-state index is 12.9. The molecule has 1 saturated carbocycles. The number of aromatic hydroxyl groups is 2. The second kappa shape index (κ2) is 19.8. The number of nitrogens with zero attached hydrogens (tertiary/aromatic N) is 3. The van der Waals surface area contributed by atoms with Crippen molar-refractivity contribution in [3.63, 3.8) is 0 Å². The fourth-order valence-corrected chi connectivity index (χ4v) is 6.79. The van der Waals surface area contributed by atoms with Gasteiger partial charge in [0.15, 0.2) is 0 Å². The third kappa shape index (κ3) is 13.5. The number of hydrogen-bond acceptors (Lipinski definition) is 8. The van der Waals surface area contributed by atoms with Crippen LogP contribution in [0.3, 0.4) is 0 Å². The molecule has 4 aliphatic rings. The van der Waals surface area contributed by atoms with E-state index in [2.05, 4.69) is 34.0 Å². The molecule has 2 saturated heterocycles. The molecule has 1 atom stereocenters. The molecular formula is C39H54F5N4O4P. The van der Waals surface area contributed by atoms with Crippen molar-refractivity contribution in [2.24, 2.45) is 10.5 Å². The van der Waals surface area contributed by atoms with Crippen LogP contribution in [0.5, 0.6) is 11.5 Å². The minimum Gasteiger partial charge on any atom is -0.507 e. The van der Waals surface area contributed by atoms with Gasteiger partial charge in [-0.1, -0.05) is 47.4 Å². The summed E-state index contributed by atoms with van der Waals surface area (Å²) in [6.45, 7) is 13.3. The van der Waals surface area contributed by atoms with E-state index in [9.17, 15) is 42.1 Å². The molecule has 1 aliphatic carbocycles. The number of phenols is 2. The zero-order valence-corrected chi connectivity index (χ0v) is 32.0. The highest BCUT2D eigenvalue weighted by Gasteiger charge is 2.44. The predicted octanol–water partition coefficient (Wildman–Crippen LogP) is 7.93. The monoisotopic (exact) mass is 768 g/mol. The second-order valence-corrected chi connectivity index (χ2v) is 14.9. The lowest BCUT2D eigenvalue weighted by atomic mass is 9.61. The van der Waals surface area contributed by atoms with Crippen molar-refractivity contribution in [2.45, 2.75) is 83.2 Å². The van der Waals surface area contributed by atoms with Crippen molar-refractivity contribution in [1.82, 2.24) is 15.2 Å². The number of aldehydes is 1. The Morgan fingerprint density at radius 3 is 2.09 bits per heavy atom. The van der Waals surface area contributed by atoms with Crippen LogP contribution in [0.1, 0.15) is 87.5 Å². The first-order valence-corrected chi connectivity index (χ1v) is 18.6.